The van der Waals surface area contributed by atoms with E-state index in [-0.39, 0.29) is 17.5 Å². The zero-order chi connectivity index (χ0) is 16.6. The van der Waals surface area contributed by atoms with Gasteiger partial charge in [-0.2, -0.15) is 0 Å². The monoisotopic (exact) mass is 330 g/mol. The fourth-order valence-corrected chi connectivity index (χ4v) is 8.30. The average molecular weight is 331 g/mol. The van der Waals surface area contributed by atoms with Crippen LogP contribution in [0.5, 0.6) is 0 Å². The highest BCUT2D eigenvalue weighted by Gasteiger charge is 2.63. The number of hydrogen-bond acceptors (Lipinski definition) is 2. The van der Waals surface area contributed by atoms with Gasteiger partial charge in [0.1, 0.15) is 5.60 Å². The summed E-state index contributed by atoms with van der Waals surface area (Å²) in [6, 6.07) is 0. The lowest BCUT2D eigenvalue weighted by Crippen LogP contribution is -2.46. The van der Waals surface area contributed by atoms with Crippen LogP contribution in [0.15, 0.2) is 0 Å². The van der Waals surface area contributed by atoms with Gasteiger partial charge in [0.05, 0.1) is 5.92 Å². The third kappa shape index (κ3) is 1.92. The lowest BCUT2D eigenvalue weighted by atomic mass is 9.71. The first-order chi connectivity index (χ1) is 11.5. The first-order valence-corrected chi connectivity index (χ1v) is 10.8. The van der Waals surface area contributed by atoms with Gasteiger partial charge in [0, 0.05) is 5.92 Å². The predicted octanol–water partition coefficient (Wildman–Crippen LogP) is 5.06. The van der Waals surface area contributed by atoms with Crippen LogP contribution in [-0.2, 0) is 9.53 Å². The average Bonchev–Trinajstić information content (AvgIpc) is 3.32. The Morgan fingerprint density at radius 1 is 1.00 bits per heavy atom. The van der Waals surface area contributed by atoms with Crippen LogP contribution < -0.4 is 0 Å². The molecule has 4 bridgehead atoms. The van der Waals surface area contributed by atoms with Gasteiger partial charge < -0.3 is 4.74 Å². The largest absolute Gasteiger partial charge is 0.459 e. The predicted molar refractivity (Wildman–Crippen MR) is 94.2 cm³/mol. The number of carbonyl (C=O) groups is 1. The Kier molecular flexibility index (Phi) is 3.43. The van der Waals surface area contributed by atoms with Crippen molar-refractivity contribution in [3.63, 3.8) is 0 Å². The molecule has 5 aliphatic carbocycles. The van der Waals surface area contributed by atoms with Crippen LogP contribution >= 0.6 is 0 Å². The quantitative estimate of drug-likeness (QED) is 0.676. The summed E-state index contributed by atoms with van der Waals surface area (Å²) in [5.74, 6) is 6.66. The molecule has 2 heteroatoms. The Morgan fingerprint density at radius 2 is 1.79 bits per heavy atom. The van der Waals surface area contributed by atoms with Crippen LogP contribution in [0.25, 0.3) is 0 Å². The Balaban J connectivity index is 1.33. The minimum Gasteiger partial charge on any atom is -0.459 e. The fourth-order valence-electron chi connectivity index (χ4n) is 8.30. The molecule has 0 amide bonds. The number of rotatable bonds is 3. The maximum absolute atomic E-state index is 13.2. The summed E-state index contributed by atoms with van der Waals surface area (Å²) in [4.78, 5) is 13.2. The van der Waals surface area contributed by atoms with Gasteiger partial charge in [-0.3, -0.25) is 4.79 Å². The molecule has 0 heterocycles. The molecule has 5 aliphatic rings. The topological polar surface area (TPSA) is 26.3 Å². The molecule has 5 fully saturated rings. The van der Waals surface area contributed by atoms with Crippen molar-refractivity contribution in [2.75, 3.05) is 0 Å². The van der Waals surface area contributed by atoms with Crippen molar-refractivity contribution in [1.82, 2.24) is 0 Å². The van der Waals surface area contributed by atoms with Crippen molar-refractivity contribution >= 4 is 5.97 Å². The van der Waals surface area contributed by atoms with E-state index in [2.05, 4.69) is 20.8 Å². The second kappa shape index (κ2) is 5.24. The first-order valence-electron chi connectivity index (χ1n) is 10.8. The van der Waals surface area contributed by atoms with Crippen molar-refractivity contribution in [2.24, 2.45) is 53.3 Å². The van der Waals surface area contributed by atoms with E-state index in [0.29, 0.717) is 17.8 Å². The summed E-state index contributed by atoms with van der Waals surface area (Å²) >= 11 is 0. The number of hydrogen-bond donors (Lipinski definition) is 0. The number of fused-ring (bicyclic) bond motifs is 7. The van der Waals surface area contributed by atoms with Crippen LogP contribution in [-0.4, -0.2) is 11.6 Å². The molecular formula is C22H34O2. The van der Waals surface area contributed by atoms with E-state index < -0.39 is 0 Å². The third-order valence-electron chi connectivity index (χ3n) is 9.69. The van der Waals surface area contributed by atoms with Gasteiger partial charge in [0.25, 0.3) is 0 Å². The van der Waals surface area contributed by atoms with Crippen LogP contribution in [0, 0.1) is 53.3 Å². The molecule has 5 saturated carbocycles. The third-order valence-corrected chi connectivity index (χ3v) is 9.69. The van der Waals surface area contributed by atoms with E-state index in [1.165, 1.54) is 38.5 Å². The fraction of sp³-hybridized carbons (Fsp3) is 0.955. The summed E-state index contributed by atoms with van der Waals surface area (Å²) < 4.78 is 6.47. The van der Waals surface area contributed by atoms with Crippen LogP contribution in [0.4, 0.5) is 0 Å². The minimum absolute atomic E-state index is 0.0933. The molecule has 0 aromatic heterocycles. The van der Waals surface area contributed by atoms with Gasteiger partial charge in [0.2, 0.25) is 0 Å². The maximum Gasteiger partial charge on any atom is 0.309 e. The molecule has 2 nitrogen and oxygen atoms in total. The summed E-state index contributed by atoms with van der Waals surface area (Å²) in [6.45, 7) is 7.02. The van der Waals surface area contributed by atoms with E-state index in [9.17, 15) is 4.79 Å². The second-order valence-electron chi connectivity index (χ2n) is 10.1. The van der Waals surface area contributed by atoms with Crippen molar-refractivity contribution in [2.45, 2.75) is 77.7 Å². The Bertz CT molecular complexity index is 540. The van der Waals surface area contributed by atoms with Crippen molar-refractivity contribution in [3.8, 4) is 0 Å². The smallest absolute Gasteiger partial charge is 0.309 e. The number of ether oxygens (including phenoxy) is 1. The molecular weight excluding hydrogens is 296 g/mol. The summed E-state index contributed by atoms with van der Waals surface area (Å²) in [5, 5.41) is 0. The molecule has 0 N–H and O–H groups in total. The molecule has 0 aliphatic heterocycles. The van der Waals surface area contributed by atoms with Crippen molar-refractivity contribution in [3.05, 3.63) is 0 Å². The molecule has 10 unspecified atom stereocenters. The SMILES string of the molecule is CCC1(OC(=O)C2CC3CC2C(C)C3C)CC2CC1C1CCCC21. The highest BCUT2D eigenvalue weighted by Crippen LogP contribution is 2.65. The highest BCUT2D eigenvalue weighted by atomic mass is 16.6. The highest BCUT2D eigenvalue weighted by molar-refractivity contribution is 5.74. The molecule has 5 rings (SSSR count). The molecule has 0 radical (unpaired) electrons. The Labute approximate surface area is 147 Å². The zero-order valence-electron chi connectivity index (χ0n) is 15.7. The van der Waals surface area contributed by atoms with Gasteiger partial charge in [-0.05, 0) is 86.4 Å². The van der Waals surface area contributed by atoms with Gasteiger partial charge in [0.15, 0.2) is 0 Å². The Hall–Kier alpha value is -0.530. The standard InChI is InChI=1S/C22H34O2/c1-4-22(11-15-10-20(22)17-7-5-6-16(15)17)24-21(23)19-9-14-8-18(19)13(3)12(14)2/h12-20H,4-11H2,1-3H3. The van der Waals surface area contributed by atoms with E-state index in [1.54, 1.807) is 0 Å². The maximum atomic E-state index is 13.2. The van der Waals surface area contributed by atoms with E-state index in [1.807, 2.05) is 0 Å². The molecule has 134 valence electrons. The van der Waals surface area contributed by atoms with Gasteiger partial charge in [-0.15, -0.1) is 0 Å². The molecule has 0 saturated heterocycles. The molecule has 0 aromatic rings. The van der Waals surface area contributed by atoms with Crippen molar-refractivity contribution in [1.29, 1.82) is 0 Å². The molecule has 24 heavy (non-hydrogen) atoms. The normalized spacial score (nSPS) is 57.5. The molecule has 0 aromatic carbocycles. The molecule has 10 atom stereocenters. The van der Waals surface area contributed by atoms with Gasteiger partial charge in [-0.25, -0.2) is 0 Å². The Morgan fingerprint density at radius 3 is 2.50 bits per heavy atom. The summed E-state index contributed by atoms with van der Waals surface area (Å²) in [6.07, 6.45) is 10.2. The van der Waals surface area contributed by atoms with Crippen LogP contribution in [0.3, 0.4) is 0 Å². The second-order valence-corrected chi connectivity index (χ2v) is 10.1. The van der Waals surface area contributed by atoms with Crippen LogP contribution in [0.2, 0.25) is 0 Å². The summed E-state index contributed by atoms with van der Waals surface area (Å²) in [7, 11) is 0. The number of esters is 1. The van der Waals surface area contributed by atoms with E-state index >= 15 is 0 Å². The first kappa shape index (κ1) is 15.7. The van der Waals surface area contributed by atoms with Gasteiger partial charge >= 0.3 is 5.97 Å². The zero-order valence-corrected chi connectivity index (χ0v) is 15.7. The number of carbonyl (C=O) groups excluding carboxylic acids is 1. The van der Waals surface area contributed by atoms with E-state index in [0.717, 1.165) is 42.4 Å². The van der Waals surface area contributed by atoms with Crippen molar-refractivity contribution < 1.29 is 9.53 Å². The molecule has 0 spiro atoms. The lowest BCUT2D eigenvalue weighted by molar-refractivity contribution is -0.178. The van der Waals surface area contributed by atoms with E-state index in [4.69, 9.17) is 4.74 Å². The minimum atomic E-state index is -0.0933. The van der Waals surface area contributed by atoms with Gasteiger partial charge in [-0.1, -0.05) is 27.2 Å². The summed E-state index contributed by atoms with van der Waals surface area (Å²) in [5.41, 5.74) is -0.0933. The van der Waals surface area contributed by atoms with Crippen LogP contribution in [0.1, 0.15) is 72.1 Å². The lowest BCUT2D eigenvalue weighted by Gasteiger charge is -2.43.